The highest BCUT2D eigenvalue weighted by Gasteiger charge is 2.06. The molecule has 0 aromatic heterocycles. The first kappa shape index (κ1) is 18.4. The summed E-state index contributed by atoms with van der Waals surface area (Å²) in [6, 6.07) is 14.4. The molecule has 2 aromatic rings. The number of carbonyl (C=O) groups excluding carboxylic acids is 2. The van der Waals surface area contributed by atoms with Crippen LogP contribution < -0.4 is 20.7 Å². The second-order valence-corrected chi connectivity index (χ2v) is 5.77. The Labute approximate surface area is 151 Å². The predicted molar refractivity (Wildman–Crippen MR) is 102 cm³/mol. The van der Waals surface area contributed by atoms with Crippen molar-refractivity contribution in [3.8, 4) is 5.75 Å². The Morgan fingerprint density at radius 1 is 0.960 bits per heavy atom. The van der Waals surface area contributed by atoms with Crippen molar-refractivity contribution < 1.29 is 14.3 Å². The molecule has 0 aliphatic carbocycles. The van der Waals surface area contributed by atoms with E-state index in [9.17, 15) is 9.59 Å². The van der Waals surface area contributed by atoms with Gasteiger partial charge in [-0.2, -0.15) is 0 Å². The molecular weight excluding hydrogens is 338 g/mol. The van der Waals surface area contributed by atoms with E-state index in [1.165, 1.54) is 6.92 Å². The first-order valence-electron chi connectivity index (χ1n) is 7.60. The van der Waals surface area contributed by atoms with Gasteiger partial charge in [0.25, 0.3) is 5.91 Å². The second-order valence-electron chi connectivity index (χ2n) is 5.36. The van der Waals surface area contributed by atoms with Gasteiger partial charge in [-0.15, -0.1) is 0 Å². The number of thiocarbonyl (C=S) groups is 1. The first-order valence-corrected chi connectivity index (χ1v) is 8.01. The molecule has 0 aliphatic rings. The van der Waals surface area contributed by atoms with Gasteiger partial charge in [-0.05, 0) is 55.5 Å². The average Bonchev–Trinajstić information content (AvgIpc) is 2.55. The lowest BCUT2D eigenvalue weighted by molar-refractivity contribution is -0.121. The van der Waals surface area contributed by atoms with Crippen LogP contribution in [0.5, 0.6) is 5.75 Å². The SMILES string of the molecule is CC(=O)Nc1ccc(NC(=S)NC(=O)COc2ccc(C)cc2)cc1. The maximum atomic E-state index is 11.8. The average molecular weight is 357 g/mol. The molecule has 0 saturated heterocycles. The van der Waals surface area contributed by atoms with E-state index in [1.54, 1.807) is 36.4 Å². The summed E-state index contributed by atoms with van der Waals surface area (Å²) in [5.41, 5.74) is 2.49. The van der Waals surface area contributed by atoms with Gasteiger partial charge < -0.3 is 15.4 Å². The fourth-order valence-electron chi connectivity index (χ4n) is 1.95. The van der Waals surface area contributed by atoms with Gasteiger partial charge >= 0.3 is 0 Å². The van der Waals surface area contributed by atoms with E-state index >= 15 is 0 Å². The van der Waals surface area contributed by atoms with Gasteiger partial charge in [-0.1, -0.05) is 17.7 Å². The van der Waals surface area contributed by atoms with Gasteiger partial charge in [0.2, 0.25) is 5.91 Å². The minimum absolute atomic E-state index is 0.133. The number of nitrogens with one attached hydrogen (secondary N) is 3. The first-order chi connectivity index (χ1) is 11.9. The number of amides is 2. The molecule has 0 bridgehead atoms. The monoisotopic (exact) mass is 357 g/mol. The molecule has 0 radical (unpaired) electrons. The summed E-state index contributed by atoms with van der Waals surface area (Å²) in [4.78, 5) is 22.8. The Kier molecular flexibility index (Phi) is 6.47. The van der Waals surface area contributed by atoms with E-state index in [-0.39, 0.29) is 23.5 Å². The zero-order valence-corrected chi connectivity index (χ0v) is 14.8. The highest BCUT2D eigenvalue weighted by Crippen LogP contribution is 2.13. The van der Waals surface area contributed by atoms with Gasteiger partial charge in [0.1, 0.15) is 5.75 Å². The highest BCUT2D eigenvalue weighted by atomic mass is 32.1. The fraction of sp³-hybridized carbons (Fsp3) is 0.167. The minimum atomic E-state index is -0.354. The lowest BCUT2D eigenvalue weighted by Gasteiger charge is -2.11. The maximum absolute atomic E-state index is 11.8. The summed E-state index contributed by atoms with van der Waals surface area (Å²) in [5, 5.41) is 8.27. The van der Waals surface area contributed by atoms with E-state index in [1.807, 2.05) is 19.1 Å². The van der Waals surface area contributed by atoms with E-state index in [0.29, 0.717) is 17.1 Å². The molecule has 2 rings (SSSR count). The third-order valence-electron chi connectivity index (χ3n) is 3.11. The van der Waals surface area contributed by atoms with E-state index in [0.717, 1.165) is 5.56 Å². The van der Waals surface area contributed by atoms with Gasteiger partial charge in [-0.25, -0.2) is 0 Å². The Morgan fingerprint density at radius 2 is 1.52 bits per heavy atom. The Morgan fingerprint density at radius 3 is 2.08 bits per heavy atom. The van der Waals surface area contributed by atoms with Crippen molar-refractivity contribution in [2.75, 3.05) is 17.2 Å². The molecule has 2 amide bonds. The number of ether oxygens (including phenoxy) is 1. The van der Waals surface area contributed by atoms with Crippen LogP contribution in [-0.4, -0.2) is 23.5 Å². The predicted octanol–water partition coefficient (Wildman–Crippen LogP) is 2.85. The third kappa shape index (κ3) is 6.60. The van der Waals surface area contributed by atoms with E-state index < -0.39 is 0 Å². The summed E-state index contributed by atoms with van der Waals surface area (Å²) in [6.45, 7) is 3.28. The van der Waals surface area contributed by atoms with Gasteiger partial charge in [0.15, 0.2) is 11.7 Å². The molecule has 3 N–H and O–H groups in total. The minimum Gasteiger partial charge on any atom is -0.484 e. The van der Waals surface area contributed by atoms with Gasteiger partial charge in [0.05, 0.1) is 0 Å². The number of anilines is 2. The number of hydrogen-bond donors (Lipinski definition) is 3. The molecule has 7 heteroatoms. The summed E-state index contributed by atoms with van der Waals surface area (Å²) in [7, 11) is 0. The highest BCUT2D eigenvalue weighted by molar-refractivity contribution is 7.80. The molecule has 130 valence electrons. The van der Waals surface area contributed by atoms with Crippen molar-refractivity contribution in [2.24, 2.45) is 0 Å². The van der Waals surface area contributed by atoms with Crippen LogP contribution in [0.25, 0.3) is 0 Å². The molecule has 0 heterocycles. The summed E-state index contributed by atoms with van der Waals surface area (Å²) < 4.78 is 5.39. The fourth-order valence-corrected chi connectivity index (χ4v) is 2.18. The standard InChI is InChI=1S/C18H19N3O3S/c1-12-3-9-16(10-4-12)24-11-17(23)21-18(25)20-15-7-5-14(6-8-15)19-13(2)22/h3-10H,11H2,1-2H3,(H,19,22)(H2,20,21,23,25). The van der Waals surface area contributed by atoms with Crippen LogP contribution >= 0.6 is 12.2 Å². The summed E-state index contributed by atoms with van der Waals surface area (Å²) in [5.74, 6) is 0.123. The molecule has 0 atom stereocenters. The van der Waals surface area contributed by atoms with E-state index in [4.69, 9.17) is 17.0 Å². The Hall–Kier alpha value is -2.93. The Balaban J connectivity index is 1.78. The van der Waals surface area contributed by atoms with Gasteiger partial charge in [0, 0.05) is 18.3 Å². The Bertz CT molecular complexity index is 758. The maximum Gasteiger partial charge on any atom is 0.264 e. The van der Waals surface area contributed by atoms with Crippen molar-refractivity contribution in [3.63, 3.8) is 0 Å². The van der Waals surface area contributed by atoms with Crippen LogP contribution in [-0.2, 0) is 9.59 Å². The number of hydrogen-bond acceptors (Lipinski definition) is 4. The van der Waals surface area contributed by atoms with Crippen LogP contribution in [0.2, 0.25) is 0 Å². The van der Waals surface area contributed by atoms with Crippen molar-refractivity contribution in [3.05, 3.63) is 54.1 Å². The quantitative estimate of drug-likeness (QED) is 0.717. The molecule has 6 nitrogen and oxygen atoms in total. The topological polar surface area (TPSA) is 79.5 Å². The number of rotatable bonds is 5. The van der Waals surface area contributed by atoms with Crippen molar-refractivity contribution >= 4 is 40.5 Å². The van der Waals surface area contributed by atoms with Crippen molar-refractivity contribution in [1.29, 1.82) is 0 Å². The van der Waals surface area contributed by atoms with Crippen LogP contribution in [0, 0.1) is 6.92 Å². The molecule has 2 aromatic carbocycles. The molecule has 0 unspecified atom stereocenters. The van der Waals surface area contributed by atoms with Crippen molar-refractivity contribution in [1.82, 2.24) is 5.32 Å². The number of carbonyl (C=O) groups is 2. The largest absolute Gasteiger partial charge is 0.484 e. The molecular formula is C18H19N3O3S. The zero-order valence-electron chi connectivity index (χ0n) is 14.0. The number of aryl methyl sites for hydroxylation is 1. The summed E-state index contributed by atoms with van der Waals surface area (Å²) in [6.07, 6.45) is 0. The van der Waals surface area contributed by atoms with Crippen LogP contribution in [0.1, 0.15) is 12.5 Å². The van der Waals surface area contributed by atoms with Crippen LogP contribution in [0.4, 0.5) is 11.4 Å². The molecule has 0 saturated carbocycles. The summed E-state index contributed by atoms with van der Waals surface area (Å²) >= 11 is 5.09. The smallest absolute Gasteiger partial charge is 0.264 e. The van der Waals surface area contributed by atoms with E-state index in [2.05, 4.69) is 16.0 Å². The molecule has 0 spiro atoms. The van der Waals surface area contributed by atoms with Crippen LogP contribution in [0.3, 0.4) is 0 Å². The third-order valence-corrected chi connectivity index (χ3v) is 3.31. The van der Waals surface area contributed by atoms with Crippen molar-refractivity contribution in [2.45, 2.75) is 13.8 Å². The molecule has 0 fully saturated rings. The second kappa shape index (κ2) is 8.79. The number of benzene rings is 2. The van der Waals surface area contributed by atoms with Gasteiger partial charge in [-0.3, -0.25) is 14.9 Å². The lowest BCUT2D eigenvalue weighted by atomic mass is 10.2. The normalized spacial score (nSPS) is 9.84. The zero-order chi connectivity index (χ0) is 18.2. The lowest BCUT2D eigenvalue weighted by Crippen LogP contribution is -2.37. The molecule has 25 heavy (non-hydrogen) atoms. The van der Waals surface area contributed by atoms with Crippen LogP contribution in [0.15, 0.2) is 48.5 Å². The molecule has 0 aliphatic heterocycles.